The van der Waals surface area contributed by atoms with Crippen molar-refractivity contribution in [2.45, 2.75) is 26.2 Å². The smallest absolute Gasteiger partial charge is 0.421 e. The van der Waals surface area contributed by atoms with E-state index in [2.05, 4.69) is 9.72 Å². The first-order valence-electron chi connectivity index (χ1n) is 6.76. The number of nitrogens with zero attached hydrogens (tertiary/aromatic N) is 1. The lowest BCUT2D eigenvalue weighted by atomic mass is 9.95. The fourth-order valence-electron chi connectivity index (χ4n) is 2.34. The molecule has 0 bridgehead atoms. The molecule has 2 rings (SSSR count). The normalized spacial score (nSPS) is 12.4. The summed E-state index contributed by atoms with van der Waals surface area (Å²) >= 11 is 0. The lowest BCUT2D eigenvalue weighted by Crippen LogP contribution is -2.12. The molecule has 0 unspecified atom stereocenters. The standard InChI is InChI=1S/C16H13F6NO/c1-8-4-5-12(15(17,18)19)11(6-8)10-7-13(16(20,21)22)14(24-3)23-9(10)2/h4-7H,1-3H3. The first-order valence-corrected chi connectivity index (χ1v) is 6.76. The van der Waals surface area contributed by atoms with Gasteiger partial charge in [0, 0.05) is 11.3 Å². The minimum Gasteiger partial charge on any atom is -0.481 e. The molecule has 2 aromatic rings. The van der Waals surface area contributed by atoms with Crippen LogP contribution in [0.1, 0.15) is 22.4 Å². The van der Waals surface area contributed by atoms with Gasteiger partial charge >= 0.3 is 12.4 Å². The second-order valence-electron chi connectivity index (χ2n) is 5.22. The third-order valence-electron chi connectivity index (χ3n) is 3.45. The van der Waals surface area contributed by atoms with Crippen molar-refractivity contribution in [3.05, 3.63) is 46.6 Å². The third kappa shape index (κ3) is 3.47. The van der Waals surface area contributed by atoms with Crippen LogP contribution in [0.4, 0.5) is 26.3 Å². The number of aryl methyl sites for hydroxylation is 2. The Labute approximate surface area is 134 Å². The summed E-state index contributed by atoms with van der Waals surface area (Å²) in [6.45, 7) is 2.89. The quantitative estimate of drug-likeness (QED) is 0.676. The van der Waals surface area contributed by atoms with E-state index in [1.54, 1.807) is 6.92 Å². The molecule has 0 saturated heterocycles. The van der Waals surface area contributed by atoms with E-state index in [4.69, 9.17) is 0 Å². The predicted molar refractivity (Wildman–Crippen MR) is 75.7 cm³/mol. The number of methoxy groups -OCH3 is 1. The minimum absolute atomic E-state index is 0.0101. The van der Waals surface area contributed by atoms with Gasteiger partial charge in [-0.3, -0.25) is 0 Å². The molecule has 8 heteroatoms. The van der Waals surface area contributed by atoms with Gasteiger partial charge in [-0.1, -0.05) is 17.7 Å². The fourth-order valence-corrected chi connectivity index (χ4v) is 2.34. The van der Waals surface area contributed by atoms with Crippen molar-refractivity contribution >= 4 is 0 Å². The zero-order chi connectivity index (χ0) is 18.3. The van der Waals surface area contributed by atoms with Gasteiger partial charge in [0.2, 0.25) is 5.88 Å². The van der Waals surface area contributed by atoms with Crippen LogP contribution in [-0.2, 0) is 12.4 Å². The van der Waals surface area contributed by atoms with E-state index in [1.165, 1.54) is 19.1 Å². The first-order chi connectivity index (χ1) is 10.9. The highest BCUT2D eigenvalue weighted by molar-refractivity contribution is 5.72. The Morgan fingerprint density at radius 1 is 0.833 bits per heavy atom. The SMILES string of the molecule is COc1nc(C)c(-c2cc(C)ccc2C(F)(F)F)cc1C(F)(F)F. The zero-order valence-electron chi connectivity index (χ0n) is 12.9. The summed E-state index contributed by atoms with van der Waals surface area (Å²) in [4.78, 5) is 3.68. The summed E-state index contributed by atoms with van der Waals surface area (Å²) in [5.74, 6) is -0.676. The summed E-state index contributed by atoms with van der Waals surface area (Å²) in [5, 5.41) is 0. The molecule has 1 aromatic heterocycles. The Kier molecular flexibility index (Phi) is 4.52. The van der Waals surface area contributed by atoms with E-state index in [9.17, 15) is 26.3 Å². The molecule has 1 heterocycles. The maximum atomic E-state index is 13.2. The molecule has 24 heavy (non-hydrogen) atoms. The Bertz CT molecular complexity index is 764. The zero-order valence-corrected chi connectivity index (χ0v) is 12.9. The van der Waals surface area contributed by atoms with Crippen LogP contribution in [0.2, 0.25) is 0 Å². The van der Waals surface area contributed by atoms with Crippen LogP contribution in [-0.4, -0.2) is 12.1 Å². The van der Waals surface area contributed by atoms with Crippen molar-refractivity contribution in [1.29, 1.82) is 0 Å². The number of hydrogen-bond acceptors (Lipinski definition) is 2. The topological polar surface area (TPSA) is 22.1 Å². The molecule has 0 N–H and O–H groups in total. The molecule has 0 atom stereocenters. The van der Waals surface area contributed by atoms with Crippen LogP contribution in [0.25, 0.3) is 11.1 Å². The molecule has 130 valence electrons. The fraction of sp³-hybridized carbons (Fsp3) is 0.312. The largest absolute Gasteiger partial charge is 0.481 e. The second-order valence-corrected chi connectivity index (χ2v) is 5.22. The van der Waals surface area contributed by atoms with Gasteiger partial charge in [-0.15, -0.1) is 0 Å². The van der Waals surface area contributed by atoms with E-state index < -0.39 is 29.4 Å². The molecule has 2 nitrogen and oxygen atoms in total. The average molecular weight is 349 g/mol. The Hall–Kier alpha value is -2.25. The first kappa shape index (κ1) is 18.1. The van der Waals surface area contributed by atoms with Gasteiger partial charge in [-0.2, -0.15) is 26.3 Å². The minimum atomic E-state index is -4.80. The summed E-state index contributed by atoms with van der Waals surface area (Å²) in [6, 6.07) is 3.94. The maximum Gasteiger partial charge on any atom is 0.421 e. The molecule has 1 aromatic carbocycles. The number of halogens is 6. The van der Waals surface area contributed by atoms with E-state index in [-0.39, 0.29) is 16.8 Å². The third-order valence-corrected chi connectivity index (χ3v) is 3.45. The number of hydrogen-bond donors (Lipinski definition) is 0. The lowest BCUT2D eigenvalue weighted by molar-refractivity contribution is -0.139. The average Bonchev–Trinajstić information content (AvgIpc) is 2.44. The van der Waals surface area contributed by atoms with Gasteiger partial charge in [0.05, 0.1) is 12.7 Å². The molecule has 0 aliphatic heterocycles. The molecule has 0 radical (unpaired) electrons. The van der Waals surface area contributed by atoms with Gasteiger partial charge < -0.3 is 4.74 Å². The van der Waals surface area contributed by atoms with Crippen molar-refractivity contribution in [3.8, 4) is 17.0 Å². The molecule has 0 fully saturated rings. The van der Waals surface area contributed by atoms with Crippen LogP contribution in [0.15, 0.2) is 24.3 Å². The number of pyridine rings is 1. The van der Waals surface area contributed by atoms with Crippen LogP contribution in [0.5, 0.6) is 5.88 Å². The number of benzene rings is 1. The number of aromatic nitrogens is 1. The Balaban J connectivity index is 2.81. The van der Waals surface area contributed by atoms with Crippen molar-refractivity contribution in [2.75, 3.05) is 7.11 Å². The number of rotatable bonds is 2. The molecule has 0 spiro atoms. The van der Waals surface area contributed by atoms with Crippen LogP contribution < -0.4 is 4.74 Å². The van der Waals surface area contributed by atoms with E-state index >= 15 is 0 Å². The van der Waals surface area contributed by atoms with E-state index in [1.807, 2.05) is 0 Å². The molecule has 0 aliphatic rings. The monoisotopic (exact) mass is 349 g/mol. The Morgan fingerprint density at radius 3 is 1.92 bits per heavy atom. The summed E-state index contributed by atoms with van der Waals surface area (Å²) in [5.41, 5.74) is -2.32. The van der Waals surface area contributed by atoms with Gasteiger partial charge in [-0.05, 0) is 31.5 Å². The summed E-state index contributed by atoms with van der Waals surface area (Å²) in [6.07, 6.45) is -9.50. The van der Waals surface area contributed by atoms with Crippen molar-refractivity contribution in [2.24, 2.45) is 0 Å². The molecule has 0 aliphatic carbocycles. The van der Waals surface area contributed by atoms with Gasteiger partial charge in [0.1, 0.15) is 5.56 Å². The maximum absolute atomic E-state index is 13.2. The van der Waals surface area contributed by atoms with Crippen molar-refractivity contribution < 1.29 is 31.1 Å². The highest BCUT2D eigenvalue weighted by Gasteiger charge is 2.38. The van der Waals surface area contributed by atoms with Crippen LogP contribution >= 0.6 is 0 Å². The predicted octanol–water partition coefficient (Wildman–Crippen LogP) is 5.41. The van der Waals surface area contributed by atoms with Crippen LogP contribution in [0, 0.1) is 13.8 Å². The number of alkyl halides is 6. The summed E-state index contributed by atoms with van der Waals surface area (Å²) in [7, 11) is 1.02. The lowest BCUT2D eigenvalue weighted by Gasteiger charge is -2.18. The summed E-state index contributed by atoms with van der Waals surface area (Å²) < 4.78 is 83.6. The highest BCUT2D eigenvalue weighted by atomic mass is 19.4. The Morgan fingerprint density at radius 2 is 1.42 bits per heavy atom. The van der Waals surface area contributed by atoms with Gasteiger partial charge in [-0.25, -0.2) is 4.98 Å². The molecule has 0 saturated carbocycles. The van der Waals surface area contributed by atoms with Crippen LogP contribution in [0.3, 0.4) is 0 Å². The van der Waals surface area contributed by atoms with E-state index in [0.29, 0.717) is 11.6 Å². The van der Waals surface area contributed by atoms with Crippen molar-refractivity contribution in [3.63, 3.8) is 0 Å². The molecule has 0 amide bonds. The van der Waals surface area contributed by atoms with Crippen molar-refractivity contribution in [1.82, 2.24) is 4.98 Å². The second kappa shape index (κ2) is 5.99. The van der Waals surface area contributed by atoms with Gasteiger partial charge in [0.15, 0.2) is 0 Å². The molecular formula is C16H13F6NO. The van der Waals surface area contributed by atoms with Gasteiger partial charge in [0.25, 0.3) is 0 Å². The highest BCUT2D eigenvalue weighted by Crippen LogP contribution is 2.42. The van der Waals surface area contributed by atoms with E-state index in [0.717, 1.165) is 13.2 Å². The molecular weight excluding hydrogens is 336 g/mol. The number of ether oxygens (including phenoxy) is 1.